The first-order chi connectivity index (χ1) is 9.47. The summed E-state index contributed by atoms with van der Waals surface area (Å²) in [7, 11) is 2.94. The smallest absolute Gasteiger partial charge is 0.334 e. The van der Waals surface area contributed by atoms with Crippen LogP contribution >= 0.6 is 0 Å². The van der Waals surface area contributed by atoms with Gasteiger partial charge < -0.3 is 30.3 Å². The van der Waals surface area contributed by atoms with Gasteiger partial charge in [0.05, 0.1) is 26.5 Å². The predicted molar refractivity (Wildman–Crippen MR) is 70.2 cm³/mol. The Morgan fingerprint density at radius 2 is 2.00 bits per heavy atom. The number of aliphatic hydroxyl groups excluding tert-OH is 1. The van der Waals surface area contributed by atoms with Gasteiger partial charge in [-0.1, -0.05) is 0 Å². The molecule has 8 heteroatoms. The van der Waals surface area contributed by atoms with E-state index in [1.807, 2.05) is 0 Å². The van der Waals surface area contributed by atoms with Crippen molar-refractivity contribution in [3.63, 3.8) is 0 Å². The molecule has 0 saturated heterocycles. The zero-order valence-corrected chi connectivity index (χ0v) is 11.0. The van der Waals surface area contributed by atoms with Crippen LogP contribution in [0.5, 0.6) is 11.5 Å². The molecule has 1 atom stereocenters. The molecule has 4 N–H and O–H groups in total. The number of methoxy groups -OCH3 is 2. The minimum atomic E-state index is -1.65. The number of carboxylic acid groups (broad SMARTS) is 1. The number of aliphatic carboxylic acids is 1. The van der Waals surface area contributed by atoms with Gasteiger partial charge in [0.2, 0.25) is 0 Å². The Labute approximate surface area is 115 Å². The van der Waals surface area contributed by atoms with Crippen LogP contribution in [0, 0.1) is 0 Å². The Morgan fingerprint density at radius 3 is 2.55 bits per heavy atom. The third-order valence-corrected chi connectivity index (χ3v) is 2.40. The van der Waals surface area contributed by atoms with Gasteiger partial charge in [-0.05, 0) is 12.1 Å². The molecule has 0 aromatic heterocycles. The average molecular weight is 284 g/mol. The van der Waals surface area contributed by atoms with Crippen LogP contribution < -0.4 is 20.1 Å². The van der Waals surface area contributed by atoms with Crippen molar-refractivity contribution in [1.82, 2.24) is 5.32 Å². The number of anilines is 1. The van der Waals surface area contributed by atoms with Crippen LogP contribution in [0.4, 0.5) is 10.5 Å². The third kappa shape index (κ3) is 4.32. The third-order valence-electron chi connectivity index (χ3n) is 2.40. The van der Waals surface area contributed by atoms with E-state index >= 15 is 0 Å². The molecule has 1 aromatic carbocycles. The Kier molecular flexibility index (Phi) is 5.60. The summed E-state index contributed by atoms with van der Waals surface area (Å²) < 4.78 is 10.1. The maximum absolute atomic E-state index is 11.5. The molecule has 0 aliphatic rings. The average Bonchev–Trinajstić information content (AvgIpc) is 2.44. The van der Waals surface area contributed by atoms with Crippen molar-refractivity contribution in [3.8, 4) is 11.5 Å². The normalized spacial score (nSPS) is 11.3. The van der Waals surface area contributed by atoms with Crippen LogP contribution in [0.25, 0.3) is 0 Å². The van der Waals surface area contributed by atoms with Crippen molar-refractivity contribution in [2.24, 2.45) is 0 Å². The van der Waals surface area contributed by atoms with Crippen LogP contribution in [-0.4, -0.2) is 49.1 Å². The molecule has 0 heterocycles. The van der Waals surface area contributed by atoms with Crippen LogP contribution in [0.2, 0.25) is 0 Å². The fraction of sp³-hybridized carbons (Fsp3) is 0.333. The zero-order chi connectivity index (χ0) is 15.1. The first-order valence-corrected chi connectivity index (χ1v) is 5.65. The maximum Gasteiger partial charge on any atom is 0.334 e. The molecular formula is C12H16N2O6. The molecule has 2 amide bonds. The van der Waals surface area contributed by atoms with E-state index in [-0.39, 0.29) is 0 Å². The highest BCUT2D eigenvalue weighted by Gasteiger charge is 2.15. The molecule has 0 saturated carbocycles. The summed E-state index contributed by atoms with van der Waals surface area (Å²) >= 11 is 0. The van der Waals surface area contributed by atoms with Crippen molar-refractivity contribution in [2.75, 3.05) is 26.1 Å². The Balaban J connectivity index is 2.64. The number of nitrogens with one attached hydrogen (secondary N) is 2. The second kappa shape index (κ2) is 7.19. The molecule has 20 heavy (non-hydrogen) atoms. The van der Waals surface area contributed by atoms with Crippen molar-refractivity contribution in [3.05, 3.63) is 18.2 Å². The van der Waals surface area contributed by atoms with E-state index in [0.29, 0.717) is 17.2 Å². The lowest BCUT2D eigenvalue weighted by Crippen LogP contribution is -2.38. The Hall–Kier alpha value is -2.48. The summed E-state index contributed by atoms with van der Waals surface area (Å²) in [5.74, 6) is -0.459. The zero-order valence-electron chi connectivity index (χ0n) is 11.0. The summed E-state index contributed by atoms with van der Waals surface area (Å²) in [4.78, 5) is 21.9. The van der Waals surface area contributed by atoms with E-state index < -0.39 is 24.6 Å². The van der Waals surface area contributed by atoms with Gasteiger partial charge in [0, 0.05) is 6.07 Å². The number of amides is 2. The molecule has 110 valence electrons. The molecule has 0 radical (unpaired) electrons. The molecule has 0 bridgehead atoms. The molecule has 0 aliphatic heterocycles. The molecule has 1 aromatic rings. The van der Waals surface area contributed by atoms with Crippen molar-refractivity contribution in [2.45, 2.75) is 6.10 Å². The highest BCUT2D eigenvalue weighted by atomic mass is 16.5. The lowest BCUT2D eigenvalue weighted by molar-refractivity contribution is -0.146. The first-order valence-electron chi connectivity index (χ1n) is 5.65. The Bertz CT molecular complexity index is 491. The van der Waals surface area contributed by atoms with Gasteiger partial charge >= 0.3 is 12.0 Å². The van der Waals surface area contributed by atoms with E-state index in [0.717, 1.165) is 0 Å². The van der Waals surface area contributed by atoms with E-state index in [1.165, 1.54) is 14.2 Å². The highest BCUT2D eigenvalue weighted by molar-refractivity contribution is 5.91. The summed E-state index contributed by atoms with van der Waals surface area (Å²) in [5.41, 5.74) is 0.385. The highest BCUT2D eigenvalue weighted by Crippen LogP contribution is 2.28. The van der Waals surface area contributed by atoms with Gasteiger partial charge in [-0.25, -0.2) is 9.59 Å². The van der Waals surface area contributed by atoms with Crippen LogP contribution in [0.1, 0.15) is 0 Å². The number of aliphatic hydroxyl groups is 1. The van der Waals surface area contributed by atoms with Crippen LogP contribution in [0.15, 0.2) is 18.2 Å². The summed E-state index contributed by atoms with van der Waals surface area (Å²) in [6.07, 6.45) is -1.65. The van der Waals surface area contributed by atoms with Crippen molar-refractivity contribution in [1.29, 1.82) is 0 Å². The minimum Gasteiger partial charge on any atom is -0.497 e. The number of urea groups is 1. The predicted octanol–water partition coefficient (Wildman–Crippen LogP) is 0.271. The van der Waals surface area contributed by atoms with E-state index in [2.05, 4.69) is 10.6 Å². The molecule has 0 spiro atoms. The van der Waals surface area contributed by atoms with E-state index in [4.69, 9.17) is 19.7 Å². The van der Waals surface area contributed by atoms with Gasteiger partial charge in [-0.2, -0.15) is 0 Å². The van der Waals surface area contributed by atoms with Gasteiger partial charge in [-0.3, -0.25) is 0 Å². The second-order valence-corrected chi connectivity index (χ2v) is 3.76. The number of carboxylic acids is 1. The topological polar surface area (TPSA) is 117 Å². The number of carbonyl (C=O) groups excluding carboxylic acids is 1. The van der Waals surface area contributed by atoms with E-state index in [1.54, 1.807) is 18.2 Å². The standard InChI is InChI=1S/C12H16N2O6/c1-19-7-3-4-8(10(5-7)20-2)14-12(18)13-6-9(15)11(16)17/h3-5,9,15H,6H2,1-2H3,(H,16,17)(H2,13,14,18). The van der Waals surface area contributed by atoms with Crippen LogP contribution in [0.3, 0.4) is 0 Å². The Morgan fingerprint density at radius 1 is 1.30 bits per heavy atom. The molecule has 0 aliphatic carbocycles. The van der Waals surface area contributed by atoms with E-state index in [9.17, 15) is 9.59 Å². The van der Waals surface area contributed by atoms with Crippen LogP contribution in [-0.2, 0) is 4.79 Å². The van der Waals surface area contributed by atoms with Gasteiger partial charge in [0.25, 0.3) is 0 Å². The molecule has 8 nitrogen and oxygen atoms in total. The second-order valence-electron chi connectivity index (χ2n) is 3.76. The maximum atomic E-state index is 11.5. The number of carbonyl (C=O) groups is 2. The fourth-order valence-corrected chi connectivity index (χ4v) is 1.34. The number of hydrogen-bond donors (Lipinski definition) is 4. The van der Waals surface area contributed by atoms with Gasteiger partial charge in [0.15, 0.2) is 6.10 Å². The number of ether oxygens (including phenoxy) is 2. The fourth-order valence-electron chi connectivity index (χ4n) is 1.34. The summed E-state index contributed by atoms with van der Waals surface area (Å²) in [5, 5.41) is 22.2. The molecule has 0 fully saturated rings. The number of benzene rings is 1. The largest absolute Gasteiger partial charge is 0.497 e. The summed E-state index contributed by atoms with van der Waals surface area (Å²) in [6.45, 7) is -0.403. The minimum absolute atomic E-state index is 0.385. The molecule has 1 unspecified atom stereocenters. The monoisotopic (exact) mass is 284 g/mol. The summed E-state index contributed by atoms with van der Waals surface area (Å²) in [6, 6.07) is 4.13. The number of rotatable bonds is 6. The van der Waals surface area contributed by atoms with Gasteiger partial charge in [-0.15, -0.1) is 0 Å². The number of hydrogen-bond acceptors (Lipinski definition) is 5. The lowest BCUT2D eigenvalue weighted by atomic mass is 10.2. The molecule has 1 rings (SSSR count). The van der Waals surface area contributed by atoms with Gasteiger partial charge in [0.1, 0.15) is 11.5 Å². The quantitative estimate of drug-likeness (QED) is 0.595. The first kappa shape index (κ1) is 15.6. The SMILES string of the molecule is COc1ccc(NC(=O)NCC(O)C(=O)O)c(OC)c1. The van der Waals surface area contributed by atoms with Crippen molar-refractivity contribution >= 4 is 17.7 Å². The van der Waals surface area contributed by atoms with Crippen molar-refractivity contribution < 1.29 is 29.3 Å². The molecular weight excluding hydrogens is 268 g/mol. The lowest BCUT2D eigenvalue weighted by Gasteiger charge is -2.13.